The van der Waals surface area contributed by atoms with E-state index in [2.05, 4.69) is 20.8 Å². The molecular weight excluding hydrogens is 152 g/mol. The molecule has 0 spiro atoms. The summed E-state index contributed by atoms with van der Waals surface area (Å²) in [5, 5.41) is 9.27. The lowest BCUT2D eigenvalue weighted by atomic mass is 9.67. The molecule has 1 atom stereocenters. The maximum Gasteiger partial charge on any atom is 0.0548 e. The second-order valence-corrected chi connectivity index (χ2v) is 4.24. The molecule has 0 radical (unpaired) electrons. The van der Waals surface area contributed by atoms with E-state index < -0.39 is 0 Å². The van der Waals surface area contributed by atoms with Crippen LogP contribution < -0.4 is 0 Å². The van der Waals surface area contributed by atoms with Crippen molar-refractivity contribution in [1.29, 1.82) is 0 Å². The zero-order valence-corrected chi connectivity index (χ0v) is 8.34. The van der Waals surface area contributed by atoms with E-state index >= 15 is 0 Å². The van der Waals surface area contributed by atoms with Gasteiger partial charge < -0.3 is 9.84 Å². The lowest BCUT2D eigenvalue weighted by molar-refractivity contribution is -0.166. The van der Waals surface area contributed by atoms with Crippen molar-refractivity contribution in [2.45, 2.75) is 27.2 Å². The van der Waals surface area contributed by atoms with Crippen molar-refractivity contribution in [1.82, 2.24) is 0 Å². The molecule has 0 bridgehead atoms. The van der Waals surface area contributed by atoms with Gasteiger partial charge in [-0.25, -0.2) is 0 Å². The predicted octanol–water partition coefficient (Wildman–Crippen LogP) is 1.68. The first-order valence-corrected chi connectivity index (χ1v) is 4.85. The van der Waals surface area contributed by atoms with Crippen molar-refractivity contribution in [2.24, 2.45) is 17.3 Å². The van der Waals surface area contributed by atoms with E-state index in [9.17, 15) is 5.11 Å². The standard InChI is InChI=1S/C10H20O2/c1-4-10(6-12-7-10)9(5-11)8(2)3/h8-9,11H,4-7H2,1-3H3. The van der Waals surface area contributed by atoms with Crippen molar-refractivity contribution in [3.8, 4) is 0 Å². The number of aliphatic hydroxyl groups is 1. The quantitative estimate of drug-likeness (QED) is 0.699. The van der Waals surface area contributed by atoms with Crippen LogP contribution in [-0.4, -0.2) is 24.9 Å². The highest BCUT2D eigenvalue weighted by atomic mass is 16.5. The maximum absolute atomic E-state index is 9.27. The third kappa shape index (κ3) is 1.50. The van der Waals surface area contributed by atoms with Gasteiger partial charge in [-0.1, -0.05) is 20.8 Å². The molecule has 0 aromatic carbocycles. The molecule has 1 fully saturated rings. The summed E-state index contributed by atoms with van der Waals surface area (Å²) in [7, 11) is 0. The summed E-state index contributed by atoms with van der Waals surface area (Å²) in [5.41, 5.74) is 0.281. The van der Waals surface area contributed by atoms with Crippen LogP contribution in [0.2, 0.25) is 0 Å². The Labute approximate surface area is 74.9 Å². The smallest absolute Gasteiger partial charge is 0.0548 e. The minimum Gasteiger partial charge on any atom is -0.396 e. The molecule has 0 aliphatic carbocycles. The van der Waals surface area contributed by atoms with E-state index in [4.69, 9.17) is 4.74 Å². The van der Waals surface area contributed by atoms with Gasteiger partial charge in [0, 0.05) is 12.0 Å². The number of rotatable bonds is 4. The molecular formula is C10H20O2. The van der Waals surface area contributed by atoms with Crippen molar-refractivity contribution < 1.29 is 9.84 Å². The summed E-state index contributed by atoms with van der Waals surface area (Å²) in [5.74, 6) is 0.968. The van der Waals surface area contributed by atoms with Gasteiger partial charge in [0.15, 0.2) is 0 Å². The highest BCUT2D eigenvalue weighted by Gasteiger charge is 2.44. The van der Waals surface area contributed by atoms with Gasteiger partial charge in [0.2, 0.25) is 0 Å². The Morgan fingerprint density at radius 2 is 2.00 bits per heavy atom. The molecule has 1 N–H and O–H groups in total. The molecule has 2 nitrogen and oxygen atoms in total. The third-order valence-corrected chi connectivity index (χ3v) is 3.27. The summed E-state index contributed by atoms with van der Waals surface area (Å²) in [6.07, 6.45) is 1.12. The molecule has 0 saturated carbocycles. The zero-order valence-electron chi connectivity index (χ0n) is 8.34. The molecule has 1 unspecified atom stereocenters. The molecule has 12 heavy (non-hydrogen) atoms. The average Bonchev–Trinajstić information content (AvgIpc) is 1.95. The van der Waals surface area contributed by atoms with Gasteiger partial charge in [-0.3, -0.25) is 0 Å². The van der Waals surface area contributed by atoms with E-state index in [1.165, 1.54) is 0 Å². The van der Waals surface area contributed by atoms with Gasteiger partial charge in [0.1, 0.15) is 0 Å². The predicted molar refractivity (Wildman–Crippen MR) is 49.0 cm³/mol. The van der Waals surface area contributed by atoms with Gasteiger partial charge in [-0.2, -0.15) is 0 Å². The highest BCUT2D eigenvalue weighted by Crippen LogP contribution is 2.42. The molecule has 1 aliphatic heterocycles. The Bertz CT molecular complexity index is 133. The Morgan fingerprint density at radius 3 is 2.08 bits per heavy atom. The maximum atomic E-state index is 9.27. The highest BCUT2D eigenvalue weighted by molar-refractivity contribution is 4.91. The summed E-state index contributed by atoms with van der Waals surface area (Å²) >= 11 is 0. The minimum absolute atomic E-state index is 0.281. The summed E-state index contributed by atoms with van der Waals surface area (Å²) in [6.45, 7) is 8.52. The number of aliphatic hydroxyl groups excluding tert-OH is 1. The van der Waals surface area contributed by atoms with Crippen LogP contribution in [0.1, 0.15) is 27.2 Å². The zero-order chi connectivity index (χ0) is 9.19. The summed E-state index contributed by atoms with van der Waals surface area (Å²) in [4.78, 5) is 0. The van der Waals surface area contributed by atoms with Crippen LogP contribution in [0.3, 0.4) is 0 Å². The lowest BCUT2D eigenvalue weighted by Gasteiger charge is -2.48. The van der Waals surface area contributed by atoms with Crippen LogP contribution in [0.25, 0.3) is 0 Å². The second-order valence-electron chi connectivity index (χ2n) is 4.24. The molecule has 1 saturated heterocycles. The van der Waals surface area contributed by atoms with Crippen LogP contribution in [-0.2, 0) is 4.74 Å². The van der Waals surface area contributed by atoms with E-state index in [-0.39, 0.29) is 5.41 Å². The summed E-state index contributed by atoms with van der Waals surface area (Å²) < 4.78 is 5.25. The van der Waals surface area contributed by atoms with Crippen LogP contribution >= 0.6 is 0 Å². The van der Waals surface area contributed by atoms with Gasteiger partial charge in [-0.05, 0) is 18.3 Å². The number of ether oxygens (including phenoxy) is 1. The Hall–Kier alpha value is -0.0800. The first-order chi connectivity index (χ1) is 5.66. The fraction of sp³-hybridized carbons (Fsp3) is 1.00. The van der Waals surface area contributed by atoms with Gasteiger partial charge in [0.25, 0.3) is 0 Å². The SMILES string of the molecule is CCC1(C(CO)C(C)C)COC1. The van der Waals surface area contributed by atoms with E-state index in [0.717, 1.165) is 19.6 Å². The molecule has 1 rings (SSSR count). The minimum atomic E-state index is 0.281. The number of hydrogen-bond acceptors (Lipinski definition) is 2. The first kappa shape index (κ1) is 10.0. The fourth-order valence-electron chi connectivity index (χ4n) is 2.16. The van der Waals surface area contributed by atoms with Crippen LogP contribution in [0.4, 0.5) is 0 Å². The first-order valence-electron chi connectivity index (χ1n) is 4.85. The fourth-order valence-corrected chi connectivity index (χ4v) is 2.16. The molecule has 0 amide bonds. The van der Waals surface area contributed by atoms with E-state index in [1.807, 2.05) is 0 Å². The topological polar surface area (TPSA) is 29.5 Å². The average molecular weight is 172 g/mol. The third-order valence-electron chi connectivity index (χ3n) is 3.27. The number of hydrogen-bond donors (Lipinski definition) is 1. The van der Waals surface area contributed by atoms with Crippen molar-refractivity contribution >= 4 is 0 Å². The van der Waals surface area contributed by atoms with Crippen molar-refractivity contribution in [2.75, 3.05) is 19.8 Å². The van der Waals surface area contributed by atoms with E-state index in [1.54, 1.807) is 0 Å². The van der Waals surface area contributed by atoms with Crippen molar-refractivity contribution in [3.63, 3.8) is 0 Å². The lowest BCUT2D eigenvalue weighted by Crippen LogP contribution is -2.50. The van der Waals surface area contributed by atoms with E-state index in [0.29, 0.717) is 18.4 Å². The van der Waals surface area contributed by atoms with Gasteiger partial charge >= 0.3 is 0 Å². The monoisotopic (exact) mass is 172 g/mol. The molecule has 1 heterocycles. The normalized spacial score (nSPS) is 23.8. The largest absolute Gasteiger partial charge is 0.396 e. The Balaban J connectivity index is 2.61. The Morgan fingerprint density at radius 1 is 1.42 bits per heavy atom. The van der Waals surface area contributed by atoms with Crippen LogP contribution in [0.15, 0.2) is 0 Å². The Kier molecular flexibility index (Phi) is 3.13. The molecule has 0 aromatic rings. The summed E-state index contributed by atoms with van der Waals surface area (Å²) in [6, 6.07) is 0. The van der Waals surface area contributed by atoms with Gasteiger partial charge in [-0.15, -0.1) is 0 Å². The van der Waals surface area contributed by atoms with Crippen LogP contribution in [0.5, 0.6) is 0 Å². The molecule has 0 aromatic heterocycles. The van der Waals surface area contributed by atoms with Gasteiger partial charge in [0.05, 0.1) is 13.2 Å². The molecule has 2 heteroatoms. The molecule has 72 valence electrons. The van der Waals surface area contributed by atoms with Crippen LogP contribution in [0, 0.1) is 17.3 Å². The van der Waals surface area contributed by atoms with Crippen molar-refractivity contribution in [3.05, 3.63) is 0 Å². The molecule has 1 aliphatic rings. The second kappa shape index (κ2) is 3.75.